The second-order valence-electron chi connectivity index (χ2n) is 5.29. The molecule has 112 valence electrons. The minimum Gasteiger partial charge on any atom is -0.496 e. The van der Waals surface area contributed by atoms with Crippen molar-refractivity contribution in [3.63, 3.8) is 0 Å². The fraction of sp³-hybridized carbons (Fsp3) is 0.412. The predicted molar refractivity (Wildman–Crippen MR) is 83.0 cm³/mol. The number of nitrogens with zero attached hydrogens (tertiary/aromatic N) is 2. The van der Waals surface area contributed by atoms with Crippen molar-refractivity contribution >= 4 is 5.78 Å². The predicted octanol–water partition coefficient (Wildman–Crippen LogP) is 3.54. The summed E-state index contributed by atoms with van der Waals surface area (Å²) < 4.78 is 7.42. The molecule has 0 aliphatic heterocycles. The molecule has 0 aliphatic rings. The lowest BCUT2D eigenvalue weighted by atomic mass is 10.1. The van der Waals surface area contributed by atoms with Gasteiger partial charge in [0.1, 0.15) is 5.75 Å². The van der Waals surface area contributed by atoms with E-state index in [1.165, 1.54) is 0 Å². The standard InChI is InChI=1S/C17H22N2O2/c1-5-6-16(20)14-7-8-19(10-14)11-15-13(3)17(21-4)12(2)9-18-15/h7-10H,5-6,11H2,1-4H3. The van der Waals surface area contributed by atoms with Crippen LogP contribution in [0.5, 0.6) is 5.75 Å². The van der Waals surface area contributed by atoms with Crippen molar-refractivity contribution < 1.29 is 9.53 Å². The first kappa shape index (κ1) is 15.3. The second-order valence-corrected chi connectivity index (χ2v) is 5.29. The molecule has 4 nitrogen and oxygen atoms in total. The van der Waals surface area contributed by atoms with Gasteiger partial charge in [-0.2, -0.15) is 0 Å². The summed E-state index contributed by atoms with van der Waals surface area (Å²) in [5.41, 5.74) is 3.81. The van der Waals surface area contributed by atoms with Gasteiger partial charge in [0.15, 0.2) is 5.78 Å². The van der Waals surface area contributed by atoms with Gasteiger partial charge in [0, 0.05) is 41.7 Å². The number of methoxy groups -OCH3 is 1. The van der Waals surface area contributed by atoms with Crippen LogP contribution in [0.1, 0.15) is 46.9 Å². The van der Waals surface area contributed by atoms with Gasteiger partial charge < -0.3 is 9.30 Å². The summed E-state index contributed by atoms with van der Waals surface area (Å²) in [6.45, 7) is 6.66. The van der Waals surface area contributed by atoms with E-state index in [-0.39, 0.29) is 5.78 Å². The average Bonchev–Trinajstić information content (AvgIpc) is 2.92. The molecule has 0 aliphatic carbocycles. The number of carbonyl (C=O) groups is 1. The molecule has 0 atom stereocenters. The van der Waals surface area contributed by atoms with E-state index in [1.807, 2.05) is 50.0 Å². The highest BCUT2D eigenvalue weighted by Gasteiger charge is 2.11. The summed E-state index contributed by atoms with van der Waals surface area (Å²) in [6.07, 6.45) is 7.12. The van der Waals surface area contributed by atoms with Crippen molar-refractivity contribution in [2.75, 3.05) is 7.11 Å². The number of pyridine rings is 1. The molecule has 21 heavy (non-hydrogen) atoms. The van der Waals surface area contributed by atoms with Crippen LogP contribution in [-0.2, 0) is 6.54 Å². The third kappa shape index (κ3) is 3.32. The maximum Gasteiger partial charge on any atom is 0.164 e. The lowest BCUT2D eigenvalue weighted by Gasteiger charge is -2.12. The molecule has 0 amide bonds. The maximum absolute atomic E-state index is 11.9. The van der Waals surface area contributed by atoms with Gasteiger partial charge in [-0.25, -0.2) is 0 Å². The summed E-state index contributed by atoms with van der Waals surface area (Å²) in [4.78, 5) is 16.4. The van der Waals surface area contributed by atoms with E-state index >= 15 is 0 Å². The molecule has 0 saturated heterocycles. The number of aromatic nitrogens is 2. The Balaban J connectivity index is 2.21. The molecule has 0 saturated carbocycles. The molecule has 0 fully saturated rings. The monoisotopic (exact) mass is 286 g/mol. The lowest BCUT2D eigenvalue weighted by Crippen LogP contribution is -2.05. The largest absolute Gasteiger partial charge is 0.496 e. The first-order valence-corrected chi connectivity index (χ1v) is 7.24. The van der Waals surface area contributed by atoms with Crippen LogP contribution in [0.3, 0.4) is 0 Å². The van der Waals surface area contributed by atoms with Gasteiger partial charge in [-0.3, -0.25) is 9.78 Å². The van der Waals surface area contributed by atoms with E-state index in [0.717, 1.165) is 34.6 Å². The number of ketones is 1. The van der Waals surface area contributed by atoms with E-state index in [4.69, 9.17) is 4.74 Å². The summed E-state index contributed by atoms with van der Waals surface area (Å²) >= 11 is 0. The molecule has 2 rings (SSSR count). The van der Waals surface area contributed by atoms with Crippen molar-refractivity contribution in [2.24, 2.45) is 0 Å². The molecular formula is C17H22N2O2. The van der Waals surface area contributed by atoms with Crippen molar-refractivity contribution in [1.29, 1.82) is 0 Å². The smallest absolute Gasteiger partial charge is 0.164 e. The highest BCUT2D eigenvalue weighted by atomic mass is 16.5. The van der Waals surface area contributed by atoms with E-state index in [1.54, 1.807) is 7.11 Å². The first-order chi connectivity index (χ1) is 10.1. The quantitative estimate of drug-likeness (QED) is 0.763. The number of ether oxygens (including phenoxy) is 1. The molecule has 0 N–H and O–H groups in total. The Hall–Kier alpha value is -2.10. The van der Waals surface area contributed by atoms with Crippen LogP contribution < -0.4 is 4.74 Å². The number of aryl methyl sites for hydroxylation is 1. The summed E-state index contributed by atoms with van der Waals surface area (Å²) in [5.74, 6) is 1.08. The summed E-state index contributed by atoms with van der Waals surface area (Å²) in [7, 11) is 1.68. The molecule has 0 spiro atoms. The number of carbonyl (C=O) groups excluding carboxylic acids is 1. The SMILES string of the molecule is CCCC(=O)c1ccn(Cc2ncc(C)c(OC)c2C)c1. The minimum absolute atomic E-state index is 0.197. The van der Waals surface area contributed by atoms with Crippen molar-refractivity contribution in [3.05, 3.63) is 47.0 Å². The lowest BCUT2D eigenvalue weighted by molar-refractivity contribution is 0.0981. The van der Waals surface area contributed by atoms with E-state index in [2.05, 4.69) is 4.98 Å². The number of hydrogen-bond acceptors (Lipinski definition) is 3. The number of hydrogen-bond donors (Lipinski definition) is 0. The van der Waals surface area contributed by atoms with Crippen LogP contribution in [0.2, 0.25) is 0 Å². The molecule has 2 aromatic rings. The summed E-state index contributed by atoms with van der Waals surface area (Å²) in [6, 6.07) is 1.87. The Morgan fingerprint density at radius 3 is 2.81 bits per heavy atom. The minimum atomic E-state index is 0.197. The second kappa shape index (κ2) is 6.57. The Bertz CT molecular complexity index is 644. The highest BCUT2D eigenvalue weighted by molar-refractivity contribution is 5.95. The van der Waals surface area contributed by atoms with Crippen LogP contribution in [0, 0.1) is 13.8 Å². The fourth-order valence-electron chi connectivity index (χ4n) is 2.48. The number of Topliss-reactive ketones (excluding diaryl/α,β-unsaturated/α-hetero) is 1. The zero-order valence-corrected chi connectivity index (χ0v) is 13.1. The zero-order valence-electron chi connectivity index (χ0n) is 13.1. The molecule has 2 aromatic heterocycles. The maximum atomic E-state index is 11.9. The van der Waals surface area contributed by atoms with Gasteiger partial charge in [0.2, 0.25) is 0 Å². The van der Waals surface area contributed by atoms with Crippen LogP contribution >= 0.6 is 0 Å². The third-order valence-corrected chi connectivity index (χ3v) is 3.63. The third-order valence-electron chi connectivity index (χ3n) is 3.63. The Morgan fingerprint density at radius 1 is 1.38 bits per heavy atom. The van der Waals surface area contributed by atoms with Crippen molar-refractivity contribution in [2.45, 2.75) is 40.2 Å². The molecule has 0 radical (unpaired) electrons. The van der Waals surface area contributed by atoms with Gasteiger partial charge in [0.05, 0.1) is 19.3 Å². The van der Waals surface area contributed by atoms with Crippen LogP contribution in [-0.4, -0.2) is 22.4 Å². The molecule has 0 unspecified atom stereocenters. The Labute approximate surface area is 125 Å². The normalized spacial score (nSPS) is 10.7. The molecule has 4 heteroatoms. The molecular weight excluding hydrogens is 264 g/mol. The topological polar surface area (TPSA) is 44.1 Å². The zero-order chi connectivity index (χ0) is 15.4. The van der Waals surface area contributed by atoms with E-state index in [9.17, 15) is 4.79 Å². The van der Waals surface area contributed by atoms with Gasteiger partial charge >= 0.3 is 0 Å². The first-order valence-electron chi connectivity index (χ1n) is 7.24. The van der Waals surface area contributed by atoms with Gasteiger partial charge in [-0.05, 0) is 26.3 Å². The van der Waals surface area contributed by atoms with Gasteiger partial charge in [0.25, 0.3) is 0 Å². The van der Waals surface area contributed by atoms with Gasteiger partial charge in [-0.1, -0.05) is 6.92 Å². The number of rotatable bonds is 6. The Kier molecular flexibility index (Phi) is 4.78. The van der Waals surface area contributed by atoms with Crippen molar-refractivity contribution in [1.82, 2.24) is 9.55 Å². The van der Waals surface area contributed by atoms with Crippen LogP contribution in [0.25, 0.3) is 0 Å². The Morgan fingerprint density at radius 2 is 2.14 bits per heavy atom. The summed E-state index contributed by atoms with van der Waals surface area (Å²) in [5, 5.41) is 0. The van der Waals surface area contributed by atoms with Gasteiger partial charge in [-0.15, -0.1) is 0 Å². The van der Waals surface area contributed by atoms with E-state index in [0.29, 0.717) is 13.0 Å². The molecule has 2 heterocycles. The highest BCUT2D eigenvalue weighted by Crippen LogP contribution is 2.24. The average molecular weight is 286 g/mol. The molecule has 0 aromatic carbocycles. The van der Waals surface area contributed by atoms with Crippen molar-refractivity contribution in [3.8, 4) is 5.75 Å². The van der Waals surface area contributed by atoms with Crippen LogP contribution in [0.4, 0.5) is 0 Å². The molecule has 0 bridgehead atoms. The van der Waals surface area contributed by atoms with E-state index < -0.39 is 0 Å². The fourth-order valence-corrected chi connectivity index (χ4v) is 2.48. The van der Waals surface area contributed by atoms with Crippen LogP contribution in [0.15, 0.2) is 24.7 Å².